The molecular formula is C15H19BrO2. The van der Waals surface area contributed by atoms with E-state index in [4.69, 9.17) is 0 Å². The second-order valence-corrected chi connectivity index (χ2v) is 6.58. The highest BCUT2D eigenvalue weighted by Crippen LogP contribution is 2.40. The van der Waals surface area contributed by atoms with Crippen molar-refractivity contribution in [2.24, 2.45) is 11.8 Å². The Morgan fingerprint density at radius 2 is 1.89 bits per heavy atom. The van der Waals surface area contributed by atoms with E-state index in [9.17, 15) is 9.90 Å². The molecule has 0 radical (unpaired) electrons. The van der Waals surface area contributed by atoms with E-state index in [1.807, 2.05) is 38.1 Å². The average Bonchev–Trinajstić information content (AvgIpc) is 2.77. The summed E-state index contributed by atoms with van der Waals surface area (Å²) in [5.74, 6) is 0.215. The zero-order valence-electron chi connectivity index (χ0n) is 10.8. The Morgan fingerprint density at radius 3 is 2.44 bits per heavy atom. The van der Waals surface area contributed by atoms with Crippen LogP contribution in [-0.2, 0) is 0 Å². The Kier molecular flexibility index (Phi) is 3.93. The standard InChI is InChI=1S/C15H19BrO2/c1-15(2,18)13-5-3-4-12(13)14(17)10-6-8-11(16)9-7-10/h6-9,12-13,18H,3-5H2,1-2H3/t12-,13-/m1/s1. The fourth-order valence-electron chi connectivity index (χ4n) is 2.95. The number of rotatable bonds is 3. The van der Waals surface area contributed by atoms with Gasteiger partial charge in [0.2, 0.25) is 0 Å². The fraction of sp³-hybridized carbons (Fsp3) is 0.533. The lowest BCUT2D eigenvalue weighted by atomic mass is 9.79. The van der Waals surface area contributed by atoms with E-state index in [2.05, 4.69) is 15.9 Å². The first kappa shape index (κ1) is 13.8. The third-order valence-corrected chi connectivity index (χ3v) is 4.42. The van der Waals surface area contributed by atoms with Crippen LogP contribution in [0.25, 0.3) is 0 Å². The van der Waals surface area contributed by atoms with E-state index < -0.39 is 5.60 Å². The molecule has 1 saturated carbocycles. The lowest BCUT2D eigenvalue weighted by Crippen LogP contribution is -2.36. The third kappa shape index (κ3) is 2.83. The molecule has 1 aliphatic carbocycles. The maximum absolute atomic E-state index is 12.5. The van der Waals surface area contributed by atoms with Crippen LogP contribution in [0.5, 0.6) is 0 Å². The summed E-state index contributed by atoms with van der Waals surface area (Å²) in [4.78, 5) is 12.5. The van der Waals surface area contributed by atoms with Crippen LogP contribution in [0.4, 0.5) is 0 Å². The topological polar surface area (TPSA) is 37.3 Å². The van der Waals surface area contributed by atoms with Crippen molar-refractivity contribution in [2.45, 2.75) is 38.7 Å². The van der Waals surface area contributed by atoms with Gasteiger partial charge in [-0.15, -0.1) is 0 Å². The molecule has 2 rings (SSSR count). The van der Waals surface area contributed by atoms with E-state index in [0.717, 1.165) is 29.3 Å². The maximum Gasteiger partial charge on any atom is 0.166 e. The lowest BCUT2D eigenvalue weighted by molar-refractivity contribution is 0.00214. The van der Waals surface area contributed by atoms with Crippen molar-refractivity contribution in [1.82, 2.24) is 0 Å². The van der Waals surface area contributed by atoms with Gasteiger partial charge in [-0.3, -0.25) is 4.79 Å². The molecule has 0 heterocycles. The summed E-state index contributed by atoms with van der Waals surface area (Å²) in [7, 11) is 0. The van der Waals surface area contributed by atoms with Crippen LogP contribution >= 0.6 is 15.9 Å². The summed E-state index contributed by atoms with van der Waals surface area (Å²) in [6.45, 7) is 3.62. The van der Waals surface area contributed by atoms with Gasteiger partial charge >= 0.3 is 0 Å². The molecule has 1 N–H and O–H groups in total. The van der Waals surface area contributed by atoms with Gasteiger partial charge in [-0.1, -0.05) is 34.5 Å². The second kappa shape index (κ2) is 5.14. The molecule has 0 aliphatic heterocycles. The van der Waals surface area contributed by atoms with E-state index in [1.54, 1.807) is 0 Å². The van der Waals surface area contributed by atoms with Crippen molar-refractivity contribution >= 4 is 21.7 Å². The first-order valence-electron chi connectivity index (χ1n) is 6.42. The van der Waals surface area contributed by atoms with Crippen LogP contribution < -0.4 is 0 Å². The zero-order chi connectivity index (χ0) is 13.3. The minimum Gasteiger partial charge on any atom is -0.390 e. The summed E-state index contributed by atoms with van der Waals surface area (Å²) >= 11 is 3.37. The summed E-state index contributed by atoms with van der Waals surface area (Å²) in [5, 5.41) is 10.2. The molecule has 1 fully saturated rings. The Labute approximate surface area is 117 Å². The van der Waals surface area contributed by atoms with Crippen LogP contribution in [0.3, 0.4) is 0 Å². The van der Waals surface area contributed by atoms with Crippen LogP contribution in [0, 0.1) is 11.8 Å². The van der Waals surface area contributed by atoms with Gasteiger partial charge in [0.15, 0.2) is 5.78 Å². The quantitative estimate of drug-likeness (QED) is 0.862. The highest BCUT2D eigenvalue weighted by Gasteiger charge is 2.41. The second-order valence-electron chi connectivity index (χ2n) is 5.67. The van der Waals surface area contributed by atoms with Gasteiger partial charge < -0.3 is 5.11 Å². The van der Waals surface area contributed by atoms with Gasteiger partial charge in [0.25, 0.3) is 0 Å². The molecule has 1 aliphatic rings. The number of halogens is 1. The molecular weight excluding hydrogens is 292 g/mol. The van der Waals surface area contributed by atoms with Crippen molar-refractivity contribution in [3.63, 3.8) is 0 Å². The molecule has 3 heteroatoms. The number of carbonyl (C=O) groups is 1. The van der Waals surface area contributed by atoms with Gasteiger partial charge in [0, 0.05) is 16.0 Å². The minimum atomic E-state index is -0.772. The molecule has 0 amide bonds. The van der Waals surface area contributed by atoms with E-state index in [-0.39, 0.29) is 17.6 Å². The number of ketones is 1. The molecule has 0 spiro atoms. The monoisotopic (exact) mass is 310 g/mol. The number of carbonyl (C=O) groups excluding carboxylic acids is 1. The summed E-state index contributed by atoms with van der Waals surface area (Å²) in [6.07, 6.45) is 2.86. The molecule has 98 valence electrons. The molecule has 2 atom stereocenters. The first-order valence-corrected chi connectivity index (χ1v) is 7.21. The van der Waals surface area contributed by atoms with Crippen molar-refractivity contribution in [3.05, 3.63) is 34.3 Å². The van der Waals surface area contributed by atoms with Gasteiger partial charge in [0.05, 0.1) is 5.60 Å². The third-order valence-electron chi connectivity index (χ3n) is 3.89. The van der Waals surface area contributed by atoms with Crippen molar-refractivity contribution < 1.29 is 9.90 Å². The van der Waals surface area contributed by atoms with E-state index in [0.29, 0.717) is 0 Å². The van der Waals surface area contributed by atoms with Gasteiger partial charge in [-0.2, -0.15) is 0 Å². The summed E-state index contributed by atoms with van der Waals surface area (Å²) < 4.78 is 0.976. The van der Waals surface area contributed by atoms with Crippen LogP contribution in [0.15, 0.2) is 28.7 Å². The predicted molar refractivity (Wildman–Crippen MR) is 75.6 cm³/mol. The van der Waals surface area contributed by atoms with Gasteiger partial charge in [-0.05, 0) is 44.7 Å². The number of hydrogen-bond donors (Lipinski definition) is 1. The van der Waals surface area contributed by atoms with Crippen LogP contribution in [0.2, 0.25) is 0 Å². The first-order chi connectivity index (χ1) is 8.39. The molecule has 0 aromatic heterocycles. The molecule has 1 aromatic rings. The predicted octanol–water partition coefficient (Wildman–Crippen LogP) is 3.82. The van der Waals surface area contributed by atoms with Crippen molar-refractivity contribution in [1.29, 1.82) is 0 Å². The molecule has 1 aromatic carbocycles. The fourth-order valence-corrected chi connectivity index (χ4v) is 3.21. The van der Waals surface area contributed by atoms with Gasteiger partial charge in [-0.25, -0.2) is 0 Å². The minimum absolute atomic E-state index is 0.0359. The molecule has 18 heavy (non-hydrogen) atoms. The summed E-state index contributed by atoms with van der Waals surface area (Å²) in [5.41, 5.74) is -0.0222. The lowest BCUT2D eigenvalue weighted by Gasteiger charge is -2.30. The Hall–Kier alpha value is -0.670. The number of hydrogen-bond acceptors (Lipinski definition) is 2. The Balaban J connectivity index is 2.20. The molecule has 0 unspecified atom stereocenters. The van der Waals surface area contributed by atoms with E-state index in [1.165, 1.54) is 0 Å². The zero-order valence-corrected chi connectivity index (χ0v) is 12.4. The Bertz CT molecular complexity index is 431. The summed E-state index contributed by atoms with van der Waals surface area (Å²) in [6, 6.07) is 7.49. The van der Waals surface area contributed by atoms with Crippen molar-refractivity contribution in [3.8, 4) is 0 Å². The average molecular weight is 311 g/mol. The largest absolute Gasteiger partial charge is 0.390 e. The normalized spacial score (nSPS) is 24.2. The smallest absolute Gasteiger partial charge is 0.166 e. The van der Waals surface area contributed by atoms with Crippen molar-refractivity contribution in [2.75, 3.05) is 0 Å². The highest BCUT2D eigenvalue weighted by atomic mass is 79.9. The maximum atomic E-state index is 12.5. The van der Waals surface area contributed by atoms with Crippen LogP contribution in [0.1, 0.15) is 43.5 Å². The molecule has 2 nitrogen and oxygen atoms in total. The number of aliphatic hydroxyl groups is 1. The van der Waals surface area contributed by atoms with Crippen LogP contribution in [-0.4, -0.2) is 16.5 Å². The van der Waals surface area contributed by atoms with Gasteiger partial charge in [0.1, 0.15) is 0 Å². The van der Waals surface area contributed by atoms with E-state index >= 15 is 0 Å². The SMILES string of the molecule is CC(C)(O)[C@@H]1CCC[C@H]1C(=O)c1ccc(Br)cc1. The number of Topliss-reactive ketones (excluding diaryl/α,β-unsaturated/α-hetero) is 1. The highest BCUT2D eigenvalue weighted by molar-refractivity contribution is 9.10. The Morgan fingerprint density at radius 1 is 1.28 bits per heavy atom. The molecule has 0 saturated heterocycles. The molecule has 0 bridgehead atoms. The number of benzene rings is 1.